The highest BCUT2D eigenvalue weighted by Gasteiger charge is 2.29. The van der Waals surface area contributed by atoms with Gasteiger partial charge < -0.3 is 10.2 Å². The molecule has 1 atom stereocenters. The van der Waals surface area contributed by atoms with Crippen LogP contribution in [0.1, 0.15) is 24.0 Å². The first-order valence-electron chi connectivity index (χ1n) is 11.7. The summed E-state index contributed by atoms with van der Waals surface area (Å²) >= 11 is 0. The van der Waals surface area contributed by atoms with Gasteiger partial charge >= 0.3 is 0 Å². The maximum atomic E-state index is 13.6. The average Bonchev–Trinajstić information content (AvgIpc) is 2.87. The second kappa shape index (κ2) is 9.66. The third-order valence-electron chi connectivity index (χ3n) is 6.33. The van der Waals surface area contributed by atoms with E-state index in [1.54, 1.807) is 29.0 Å². The Morgan fingerprint density at radius 1 is 1.14 bits per heavy atom. The van der Waals surface area contributed by atoms with E-state index in [1.165, 1.54) is 12.1 Å². The number of benzene rings is 2. The fraction of sp³-hybridized carbons (Fsp3) is 0.259. The number of aryl methyl sites for hydroxylation is 1. The van der Waals surface area contributed by atoms with Gasteiger partial charge in [-0.15, -0.1) is 0 Å². The van der Waals surface area contributed by atoms with Gasteiger partial charge in [-0.25, -0.2) is 14.4 Å². The number of hydrogen-bond donors (Lipinski definition) is 1. The minimum atomic E-state index is -0.406. The molecule has 2 aromatic heterocycles. The zero-order valence-electron chi connectivity index (χ0n) is 19.4. The van der Waals surface area contributed by atoms with Gasteiger partial charge in [0.05, 0.1) is 12.5 Å². The molecule has 1 aliphatic heterocycles. The smallest absolute Gasteiger partial charge is 0.295 e. The summed E-state index contributed by atoms with van der Waals surface area (Å²) in [5.74, 6) is -0.622. The molecular formula is C27H26FN5O2. The quantitative estimate of drug-likeness (QED) is 0.473. The van der Waals surface area contributed by atoms with Crippen LogP contribution < -0.4 is 15.8 Å². The molecule has 1 N–H and O–H groups in total. The number of carbonyl (C=O) groups excluding carboxylic acids is 1. The minimum absolute atomic E-state index is 0.192. The fourth-order valence-corrected chi connectivity index (χ4v) is 4.49. The Balaban J connectivity index is 1.44. The zero-order chi connectivity index (χ0) is 24.4. The second-order valence-corrected chi connectivity index (χ2v) is 8.94. The monoisotopic (exact) mass is 471 g/mol. The van der Waals surface area contributed by atoms with Crippen molar-refractivity contribution in [1.29, 1.82) is 0 Å². The summed E-state index contributed by atoms with van der Waals surface area (Å²) in [6.07, 6.45) is 3.08. The molecule has 35 heavy (non-hydrogen) atoms. The largest absolute Gasteiger partial charge is 0.351 e. The Kier molecular flexibility index (Phi) is 6.27. The van der Waals surface area contributed by atoms with Gasteiger partial charge in [-0.2, -0.15) is 0 Å². The molecule has 178 valence electrons. The maximum Gasteiger partial charge on any atom is 0.295 e. The SMILES string of the molecule is Cc1ccc(Cn2c(=O)c(N3CCC[C@H](C(=O)Nc4cccc(F)c4)C3)nc3cccnc32)cc1. The van der Waals surface area contributed by atoms with Crippen LogP contribution >= 0.6 is 0 Å². The summed E-state index contributed by atoms with van der Waals surface area (Å²) in [7, 11) is 0. The minimum Gasteiger partial charge on any atom is -0.351 e. The number of aromatic nitrogens is 3. The van der Waals surface area contributed by atoms with Crippen molar-refractivity contribution in [3.8, 4) is 0 Å². The number of anilines is 2. The van der Waals surface area contributed by atoms with Crippen molar-refractivity contribution in [2.45, 2.75) is 26.3 Å². The van der Waals surface area contributed by atoms with Crippen LogP contribution in [0.15, 0.2) is 71.7 Å². The zero-order valence-corrected chi connectivity index (χ0v) is 19.4. The van der Waals surface area contributed by atoms with E-state index in [4.69, 9.17) is 0 Å². The Morgan fingerprint density at radius 3 is 2.77 bits per heavy atom. The summed E-state index contributed by atoms with van der Waals surface area (Å²) in [6, 6.07) is 17.5. The normalized spacial score (nSPS) is 15.8. The molecule has 1 saturated heterocycles. The molecule has 4 aromatic rings. The lowest BCUT2D eigenvalue weighted by Gasteiger charge is -2.32. The van der Waals surface area contributed by atoms with E-state index < -0.39 is 5.82 Å². The van der Waals surface area contributed by atoms with Gasteiger partial charge in [-0.05, 0) is 55.7 Å². The van der Waals surface area contributed by atoms with Crippen LogP contribution in [-0.2, 0) is 11.3 Å². The molecule has 7 nitrogen and oxygen atoms in total. The number of carbonyl (C=O) groups is 1. The third-order valence-corrected chi connectivity index (χ3v) is 6.33. The molecule has 0 unspecified atom stereocenters. The van der Waals surface area contributed by atoms with Crippen LogP contribution in [0.5, 0.6) is 0 Å². The molecule has 1 amide bonds. The van der Waals surface area contributed by atoms with E-state index in [1.807, 2.05) is 42.2 Å². The molecule has 1 fully saturated rings. The Morgan fingerprint density at radius 2 is 1.97 bits per heavy atom. The van der Waals surface area contributed by atoms with Crippen molar-refractivity contribution in [3.05, 3.63) is 94.2 Å². The topological polar surface area (TPSA) is 80.1 Å². The highest BCUT2D eigenvalue weighted by molar-refractivity contribution is 5.93. The van der Waals surface area contributed by atoms with Crippen LogP contribution in [0, 0.1) is 18.7 Å². The molecule has 2 aromatic carbocycles. The molecule has 0 bridgehead atoms. The predicted molar refractivity (Wildman–Crippen MR) is 134 cm³/mol. The van der Waals surface area contributed by atoms with Crippen LogP contribution in [0.25, 0.3) is 11.2 Å². The number of amides is 1. The van der Waals surface area contributed by atoms with Gasteiger partial charge in [0, 0.05) is 25.0 Å². The van der Waals surface area contributed by atoms with Crippen LogP contribution in [0.3, 0.4) is 0 Å². The summed E-state index contributed by atoms with van der Waals surface area (Å²) in [4.78, 5) is 37.5. The van der Waals surface area contributed by atoms with E-state index in [2.05, 4.69) is 15.3 Å². The van der Waals surface area contributed by atoms with Gasteiger partial charge in [-0.1, -0.05) is 35.9 Å². The average molecular weight is 472 g/mol. The molecule has 0 aliphatic carbocycles. The first-order valence-corrected chi connectivity index (χ1v) is 11.7. The number of rotatable bonds is 5. The summed E-state index contributed by atoms with van der Waals surface area (Å²) in [6.45, 7) is 3.39. The maximum absolute atomic E-state index is 13.6. The number of piperidine rings is 1. The number of pyridine rings is 1. The van der Waals surface area contributed by atoms with Gasteiger partial charge in [0.25, 0.3) is 5.56 Å². The van der Waals surface area contributed by atoms with Crippen molar-refractivity contribution in [2.24, 2.45) is 5.92 Å². The third kappa shape index (κ3) is 4.91. The van der Waals surface area contributed by atoms with Crippen molar-refractivity contribution in [3.63, 3.8) is 0 Å². The number of nitrogens with one attached hydrogen (secondary N) is 1. The van der Waals surface area contributed by atoms with Crippen LogP contribution in [0.4, 0.5) is 15.9 Å². The molecule has 1 aliphatic rings. The highest BCUT2D eigenvalue weighted by atomic mass is 19.1. The van der Waals surface area contributed by atoms with Gasteiger partial charge in [0.15, 0.2) is 11.5 Å². The van der Waals surface area contributed by atoms with Crippen LogP contribution in [0.2, 0.25) is 0 Å². The van der Waals surface area contributed by atoms with E-state index in [-0.39, 0.29) is 17.4 Å². The molecular weight excluding hydrogens is 445 g/mol. The number of fused-ring (bicyclic) bond motifs is 1. The lowest BCUT2D eigenvalue weighted by molar-refractivity contribution is -0.120. The van der Waals surface area contributed by atoms with Crippen LogP contribution in [-0.4, -0.2) is 33.5 Å². The van der Waals surface area contributed by atoms with Gasteiger partial charge in [0.1, 0.15) is 11.3 Å². The standard InChI is InChI=1S/C27H26FN5O2/c1-18-9-11-19(12-10-18)16-33-24-23(8-3-13-29-24)31-25(27(33)35)32-14-4-5-20(17-32)26(34)30-22-7-2-6-21(28)15-22/h2-3,6-13,15,20H,4-5,14,16-17H2,1H3,(H,30,34)/t20-/m0/s1. The Labute approximate surface area is 202 Å². The molecule has 5 rings (SSSR count). The number of hydrogen-bond acceptors (Lipinski definition) is 5. The molecule has 0 spiro atoms. The first-order chi connectivity index (χ1) is 17.0. The van der Waals surface area contributed by atoms with Crippen molar-refractivity contribution in [1.82, 2.24) is 14.5 Å². The van der Waals surface area contributed by atoms with E-state index >= 15 is 0 Å². The van der Waals surface area contributed by atoms with Gasteiger partial charge in [0.2, 0.25) is 5.91 Å². The summed E-state index contributed by atoms with van der Waals surface area (Å²) in [5, 5.41) is 2.80. The number of nitrogens with zero attached hydrogens (tertiary/aromatic N) is 4. The summed E-state index contributed by atoms with van der Waals surface area (Å²) < 4.78 is 15.2. The molecule has 3 heterocycles. The second-order valence-electron chi connectivity index (χ2n) is 8.94. The predicted octanol–water partition coefficient (Wildman–Crippen LogP) is 4.14. The lowest BCUT2D eigenvalue weighted by Crippen LogP contribution is -2.44. The first kappa shape index (κ1) is 22.7. The van der Waals surface area contributed by atoms with Crippen molar-refractivity contribution < 1.29 is 9.18 Å². The van der Waals surface area contributed by atoms with E-state index in [9.17, 15) is 14.0 Å². The van der Waals surface area contributed by atoms with E-state index in [0.717, 1.165) is 17.5 Å². The lowest BCUT2D eigenvalue weighted by atomic mass is 9.97. The van der Waals surface area contributed by atoms with Crippen molar-refractivity contribution >= 4 is 28.6 Å². The molecule has 8 heteroatoms. The fourth-order valence-electron chi connectivity index (χ4n) is 4.49. The Bertz CT molecular complexity index is 1430. The highest BCUT2D eigenvalue weighted by Crippen LogP contribution is 2.23. The Hall–Kier alpha value is -4.07. The molecule has 0 radical (unpaired) electrons. The van der Waals surface area contributed by atoms with E-state index in [0.29, 0.717) is 48.7 Å². The molecule has 0 saturated carbocycles. The summed E-state index contributed by atoms with van der Waals surface area (Å²) in [5.41, 5.74) is 3.48. The number of halogens is 1. The van der Waals surface area contributed by atoms with Crippen molar-refractivity contribution in [2.75, 3.05) is 23.3 Å². The van der Waals surface area contributed by atoms with Gasteiger partial charge in [-0.3, -0.25) is 14.2 Å².